The summed E-state index contributed by atoms with van der Waals surface area (Å²) < 4.78 is 12.1. The molecule has 0 heterocycles. The van der Waals surface area contributed by atoms with Gasteiger partial charge in [0.05, 0.1) is 0 Å². The highest BCUT2D eigenvalue weighted by Gasteiger charge is 2.23. The molecular formula is C38H42O4. The van der Waals surface area contributed by atoms with Crippen molar-refractivity contribution in [2.24, 2.45) is 0 Å². The molecule has 4 heteroatoms. The first-order chi connectivity index (χ1) is 20.1. The van der Waals surface area contributed by atoms with E-state index < -0.39 is 0 Å². The first kappa shape index (κ1) is 30.8. The van der Waals surface area contributed by atoms with Crippen LogP contribution < -0.4 is 9.47 Å². The molecule has 0 amide bonds. The molecule has 0 spiro atoms. The summed E-state index contributed by atoms with van der Waals surface area (Å²) in [5.74, 6) is 1.97. The van der Waals surface area contributed by atoms with Crippen LogP contribution >= 0.6 is 0 Å². The number of hydrogen-bond donors (Lipinski definition) is 0. The van der Waals surface area contributed by atoms with Crippen molar-refractivity contribution < 1.29 is 19.1 Å². The Balaban J connectivity index is 1.38. The Labute approximate surface area is 250 Å². The lowest BCUT2D eigenvalue weighted by atomic mass is 9.77. The van der Waals surface area contributed by atoms with Gasteiger partial charge < -0.3 is 9.47 Å². The monoisotopic (exact) mass is 562 g/mol. The Bertz CT molecular complexity index is 1470. The zero-order valence-electron chi connectivity index (χ0n) is 25.7. The first-order valence-electron chi connectivity index (χ1n) is 15.0. The van der Waals surface area contributed by atoms with E-state index in [1.165, 1.54) is 5.56 Å². The van der Waals surface area contributed by atoms with Crippen LogP contribution in [0.15, 0.2) is 97.1 Å². The summed E-state index contributed by atoms with van der Waals surface area (Å²) in [4.78, 5) is 26.2. The fraction of sp³-hybridized carbons (Fsp3) is 0.316. The fourth-order valence-electron chi connectivity index (χ4n) is 4.85. The Morgan fingerprint density at radius 3 is 1.21 bits per heavy atom. The van der Waals surface area contributed by atoms with Crippen molar-refractivity contribution in [2.75, 3.05) is 0 Å². The van der Waals surface area contributed by atoms with E-state index in [1.807, 2.05) is 36.4 Å². The van der Waals surface area contributed by atoms with E-state index in [2.05, 4.69) is 53.7 Å². The molecule has 0 aliphatic carbocycles. The number of benzene rings is 4. The number of carbonyl (C=O) groups is 2. The largest absolute Gasteiger partial charge is 0.488 e. The van der Waals surface area contributed by atoms with Crippen LogP contribution in [-0.2, 0) is 5.41 Å². The number of ether oxygens (including phenoxy) is 2. The van der Waals surface area contributed by atoms with E-state index >= 15 is 0 Å². The molecule has 0 atom stereocenters. The Morgan fingerprint density at radius 2 is 0.833 bits per heavy atom. The molecule has 4 nitrogen and oxygen atoms in total. The minimum absolute atomic E-state index is 0.0545. The highest BCUT2D eigenvalue weighted by molar-refractivity contribution is 6.11. The highest BCUT2D eigenvalue weighted by Crippen LogP contribution is 2.31. The maximum Gasteiger partial charge on any atom is 0.193 e. The average Bonchev–Trinajstić information content (AvgIpc) is 3.05. The third-order valence-corrected chi connectivity index (χ3v) is 8.85. The predicted molar refractivity (Wildman–Crippen MR) is 170 cm³/mol. The quantitative estimate of drug-likeness (QED) is 0.152. The fourth-order valence-corrected chi connectivity index (χ4v) is 4.85. The van der Waals surface area contributed by atoms with Gasteiger partial charge in [0.15, 0.2) is 11.6 Å². The predicted octanol–water partition coefficient (Wildman–Crippen LogP) is 9.98. The number of hydrogen-bond acceptors (Lipinski definition) is 4. The zero-order chi connectivity index (χ0) is 30.3. The Morgan fingerprint density at radius 1 is 0.500 bits per heavy atom. The number of carbonyl (C=O) groups excluding carboxylic acids is 2. The van der Waals surface area contributed by atoms with E-state index in [-0.39, 0.29) is 22.6 Å². The molecule has 218 valence electrons. The van der Waals surface area contributed by atoms with E-state index in [0.717, 1.165) is 31.4 Å². The van der Waals surface area contributed by atoms with Crippen molar-refractivity contribution in [3.8, 4) is 17.2 Å². The van der Waals surface area contributed by atoms with Crippen LogP contribution in [0.25, 0.3) is 0 Å². The molecule has 0 fully saturated rings. The van der Waals surface area contributed by atoms with Crippen LogP contribution in [0.5, 0.6) is 17.2 Å². The lowest BCUT2D eigenvalue weighted by molar-refractivity contribution is 0.0802. The van der Waals surface area contributed by atoms with Crippen molar-refractivity contribution in [2.45, 2.75) is 78.2 Å². The van der Waals surface area contributed by atoms with Gasteiger partial charge in [0, 0.05) is 22.3 Å². The maximum absolute atomic E-state index is 13.1. The molecule has 4 rings (SSSR count). The summed E-state index contributed by atoms with van der Waals surface area (Å²) in [7, 11) is 0. The third kappa shape index (κ3) is 6.99. The number of rotatable bonds is 13. The van der Waals surface area contributed by atoms with Gasteiger partial charge >= 0.3 is 0 Å². The van der Waals surface area contributed by atoms with Crippen LogP contribution in [0.2, 0.25) is 0 Å². The van der Waals surface area contributed by atoms with Gasteiger partial charge in [-0.3, -0.25) is 9.59 Å². The smallest absolute Gasteiger partial charge is 0.193 e. The van der Waals surface area contributed by atoms with E-state index in [9.17, 15) is 9.59 Å². The van der Waals surface area contributed by atoms with Gasteiger partial charge in [-0.25, -0.2) is 0 Å². The van der Waals surface area contributed by atoms with Crippen molar-refractivity contribution in [3.05, 3.63) is 125 Å². The summed E-state index contributed by atoms with van der Waals surface area (Å²) in [6.45, 7) is 13.0. The average molecular weight is 563 g/mol. The third-order valence-electron chi connectivity index (χ3n) is 8.85. The molecule has 0 aliphatic rings. The minimum atomic E-state index is -0.182. The van der Waals surface area contributed by atoms with Crippen LogP contribution in [0.4, 0.5) is 0 Å². The van der Waals surface area contributed by atoms with E-state index in [4.69, 9.17) is 9.47 Å². The molecule has 4 aromatic rings. The lowest BCUT2D eigenvalue weighted by Gasteiger charge is -2.28. The van der Waals surface area contributed by atoms with Crippen LogP contribution in [0.3, 0.4) is 0 Å². The van der Waals surface area contributed by atoms with Crippen molar-refractivity contribution in [3.63, 3.8) is 0 Å². The molecule has 0 saturated heterocycles. The van der Waals surface area contributed by atoms with Crippen molar-refractivity contribution in [1.82, 2.24) is 0 Å². The molecular weight excluding hydrogens is 520 g/mol. The Hall–Kier alpha value is -4.18. The molecule has 0 aliphatic heterocycles. The summed E-state index contributed by atoms with van der Waals surface area (Å²) in [5.41, 5.74) is 3.45. The maximum atomic E-state index is 13.1. The molecule has 42 heavy (non-hydrogen) atoms. The summed E-state index contributed by atoms with van der Waals surface area (Å²) >= 11 is 0. The lowest BCUT2D eigenvalue weighted by Crippen LogP contribution is -2.30. The van der Waals surface area contributed by atoms with Gasteiger partial charge in [0.1, 0.15) is 22.8 Å². The molecule has 0 radical (unpaired) electrons. The summed E-state index contributed by atoms with van der Waals surface area (Å²) in [5, 5.41) is 0. The number of ketones is 2. The second kappa shape index (κ2) is 13.2. The molecule has 0 bridgehead atoms. The van der Waals surface area contributed by atoms with Crippen LogP contribution in [0, 0.1) is 0 Å². The van der Waals surface area contributed by atoms with Crippen LogP contribution in [0.1, 0.15) is 105 Å². The molecule has 0 unspecified atom stereocenters. The normalized spacial score (nSPS) is 11.7. The second-order valence-electron chi connectivity index (χ2n) is 11.4. The molecule has 0 aromatic heterocycles. The Kier molecular flexibility index (Phi) is 9.67. The van der Waals surface area contributed by atoms with Crippen molar-refractivity contribution >= 4 is 11.6 Å². The van der Waals surface area contributed by atoms with Gasteiger partial charge in [0.2, 0.25) is 0 Å². The van der Waals surface area contributed by atoms with Gasteiger partial charge in [-0.05, 0) is 92.1 Å². The van der Waals surface area contributed by atoms with Gasteiger partial charge in [0.25, 0.3) is 0 Å². The second-order valence-corrected chi connectivity index (χ2v) is 11.4. The van der Waals surface area contributed by atoms with Gasteiger partial charge in [-0.15, -0.1) is 0 Å². The van der Waals surface area contributed by atoms with Gasteiger partial charge in [-0.1, -0.05) is 83.1 Å². The van der Waals surface area contributed by atoms with E-state index in [1.54, 1.807) is 48.5 Å². The summed E-state index contributed by atoms with van der Waals surface area (Å²) in [6.07, 6.45) is 3.95. The van der Waals surface area contributed by atoms with Crippen LogP contribution in [-0.4, -0.2) is 17.2 Å². The van der Waals surface area contributed by atoms with Crippen molar-refractivity contribution in [1.29, 1.82) is 0 Å². The standard InChI is InChI=1S/C38H42O4/c1-7-37(5,8-2)31-19-15-29(16-20-31)35(39)27-11-13-28(14-12-27)36(40)30-17-21-32(22-18-30)41-33-23-25-34(26-24-33)42-38(6,9-3)10-4/h11-26H,7-10H2,1-6H3. The zero-order valence-corrected chi connectivity index (χ0v) is 25.7. The molecule has 4 aromatic carbocycles. The minimum Gasteiger partial charge on any atom is -0.488 e. The van der Waals surface area contributed by atoms with Gasteiger partial charge in [-0.2, -0.15) is 0 Å². The molecule has 0 N–H and O–H groups in total. The first-order valence-corrected chi connectivity index (χ1v) is 15.0. The topological polar surface area (TPSA) is 52.6 Å². The highest BCUT2D eigenvalue weighted by atomic mass is 16.5. The summed E-state index contributed by atoms with van der Waals surface area (Å²) in [6, 6.07) is 29.5. The SMILES string of the molecule is CCC(C)(CC)Oc1ccc(Oc2ccc(C(=O)c3ccc(C(=O)c4ccc(C(C)(CC)CC)cc4)cc3)cc2)cc1. The molecule has 0 saturated carbocycles. The van der Waals surface area contributed by atoms with E-state index in [0.29, 0.717) is 33.8 Å².